The topological polar surface area (TPSA) is 0 Å². The average molecular weight is 165 g/mol. The van der Waals surface area contributed by atoms with Gasteiger partial charge in [-0.1, -0.05) is 38.6 Å². The van der Waals surface area contributed by atoms with E-state index < -0.39 is 0 Å². The lowest BCUT2D eigenvalue weighted by atomic mass is 9.99. The third kappa shape index (κ3) is 2.19. The van der Waals surface area contributed by atoms with Crippen LogP contribution in [0.4, 0.5) is 0 Å². The maximum Gasteiger partial charge on any atom is 0.0379 e. The second-order valence-electron chi connectivity index (χ2n) is 2.88. The fourth-order valence-corrected chi connectivity index (χ4v) is 1.27. The van der Waals surface area contributed by atoms with Gasteiger partial charge in [-0.3, -0.25) is 0 Å². The zero-order chi connectivity index (χ0) is 8.27. The largest absolute Gasteiger partial charge is 0.0801 e. The van der Waals surface area contributed by atoms with Crippen LogP contribution in [-0.4, -0.2) is 0 Å². The van der Waals surface area contributed by atoms with Gasteiger partial charge in [-0.2, -0.15) is 0 Å². The van der Waals surface area contributed by atoms with E-state index in [2.05, 4.69) is 26.0 Å². The lowest BCUT2D eigenvalue weighted by molar-refractivity contribution is 0.731. The maximum atomic E-state index is 5.07. The van der Waals surface area contributed by atoms with Gasteiger partial charge < -0.3 is 0 Å². The molecular formula is C10H13S. The summed E-state index contributed by atoms with van der Waals surface area (Å²) in [7, 11) is 0. The Kier molecular flexibility index (Phi) is 2.89. The number of hydrogen-bond donors (Lipinski definition) is 0. The molecule has 0 saturated carbocycles. The molecule has 59 valence electrons. The molecule has 1 heteroatoms. The van der Waals surface area contributed by atoms with Gasteiger partial charge in [0.15, 0.2) is 0 Å². The summed E-state index contributed by atoms with van der Waals surface area (Å²) >= 11 is 5.07. The molecule has 1 aromatic carbocycles. The van der Waals surface area contributed by atoms with Crippen molar-refractivity contribution >= 4 is 12.6 Å². The standard InChI is InChI=1S/C10H13S/c1-3-8(2)9-5-4-6-10(11)7-9/h4-8H,3H2,1-2H3. The Labute approximate surface area is 74.0 Å². The molecule has 1 rings (SSSR count). The zero-order valence-electron chi connectivity index (χ0n) is 7.00. The van der Waals surface area contributed by atoms with Crippen molar-refractivity contribution in [2.24, 2.45) is 0 Å². The van der Waals surface area contributed by atoms with Crippen LogP contribution in [0.5, 0.6) is 0 Å². The summed E-state index contributed by atoms with van der Waals surface area (Å²) in [6.45, 7) is 4.42. The van der Waals surface area contributed by atoms with Gasteiger partial charge in [0, 0.05) is 4.90 Å². The number of rotatable bonds is 2. The molecule has 1 atom stereocenters. The Hall–Kier alpha value is -0.560. The second-order valence-corrected chi connectivity index (χ2v) is 3.35. The van der Waals surface area contributed by atoms with E-state index in [4.69, 9.17) is 12.6 Å². The van der Waals surface area contributed by atoms with Crippen molar-refractivity contribution in [3.8, 4) is 0 Å². The van der Waals surface area contributed by atoms with E-state index in [1.807, 2.05) is 12.1 Å². The fraction of sp³-hybridized carbons (Fsp3) is 0.400. The van der Waals surface area contributed by atoms with Crippen LogP contribution in [0, 0.1) is 0 Å². The molecule has 0 spiro atoms. The minimum Gasteiger partial charge on any atom is -0.0801 e. The van der Waals surface area contributed by atoms with Gasteiger partial charge in [-0.05, 0) is 30.0 Å². The Morgan fingerprint density at radius 3 is 2.73 bits per heavy atom. The van der Waals surface area contributed by atoms with Crippen molar-refractivity contribution in [2.45, 2.75) is 31.1 Å². The molecular weight excluding hydrogens is 152 g/mol. The average Bonchev–Trinajstić information content (AvgIpc) is 2.03. The second kappa shape index (κ2) is 3.72. The van der Waals surface area contributed by atoms with Crippen LogP contribution in [0.3, 0.4) is 0 Å². The fourth-order valence-electron chi connectivity index (χ4n) is 1.06. The highest BCUT2D eigenvalue weighted by molar-refractivity contribution is 7.80. The molecule has 1 unspecified atom stereocenters. The van der Waals surface area contributed by atoms with Crippen LogP contribution >= 0.6 is 12.6 Å². The van der Waals surface area contributed by atoms with Crippen molar-refractivity contribution in [3.05, 3.63) is 29.8 Å². The quantitative estimate of drug-likeness (QED) is 0.626. The van der Waals surface area contributed by atoms with Gasteiger partial charge in [-0.25, -0.2) is 0 Å². The zero-order valence-corrected chi connectivity index (χ0v) is 7.82. The van der Waals surface area contributed by atoms with Gasteiger partial charge in [0.25, 0.3) is 0 Å². The van der Waals surface area contributed by atoms with E-state index in [-0.39, 0.29) is 0 Å². The normalized spacial score (nSPS) is 12.9. The SMILES string of the molecule is CCC(C)c1cccc([S])c1. The Balaban J connectivity index is 2.86. The maximum absolute atomic E-state index is 5.07. The summed E-state index contributed by atoms with van der Waals surface area (Å²) in [5, 5.41) is 0. The van der Waals surface area contributed by atoms with Crippen molar-refractivity contribution in [1.82, 2.24) is 0 Å². The van der Waals surface area contributed by atoms with Crippen molar-refractivity contribution < 1.29 is 0 Å². The first-order valence-electron chi connectivity index (χ1n) is 4.01. The summed E-state index contributed by atoms with van der Waals surface area (Å²) in [5.74, 6) is 0.637. The van der Waals surface area contributed by atoms with Crippen LogP contribution in [-0.2, 0) is 0 Å². The van der Waals surface area contributed by atoms with E-state index in [1.165, 1.54) is 12.0 Å². The molecule has 1 radical (unpaired) electrons. The molecule has 0 amide bonds. The van der Waals surface area contributed by atoms with E-state index in [0.29, 0.717) is 5.92 Å². The van der Waals surface area contributed by atoms with E-state index in [9.17, 15) is 0 Å². The summed E-state index contributed by atoms with van der Waals surface area (Å²) in [6, 6.07) is 8.22. The van der Waals surface area contributed by atoms with Crippen LogP contribution in [0.15, 0.2) is 29.2 Å². The Morgan fingerprint density at radius 2 is 2.18 bits per heavy atom. The highest BCUT2D eigenvalue weighted by Gasteiger charge is 2.01. The van der Waals surface area contributed by atoms with Gasteiger partial charge in [-0.15, -0.1) is 0 Å². The van der Waals surface area contributed by atoms with Crippen LogP contribution in [0.2, 0.25) is 0 Å². The Bertz CT molecular complexity index is 230. The van der Waals surface area contributed by atoms with Crippen LogP contribution in [0.25, 0.3) is 0 Å². The molecule has 0 N–H and O–H groups in total. The molecule has 0 aliphatic heterocycles. The summed E-state index contributed by atoms with van der Waals surface area (Å²) in [5.41, 5.74) is 1.36. The van der Waals surface area contributed by atoms with Gasteiger partial charge >= 0.3 is 0 Å². The Morgan fingerprint density at radius 1 is 1.45 bits per heavy atom. The molecule has 0 aliphatic carbocycles. The van der Waals surface area contributed by atoms with E-state index in [0.717, 1.165) is 4.90 Å². The van der Waals surface area contributed by atoms with Gasteiger partial charge in [0.1, 0.15) is 0 Å². The molecule has 0 saturated heterocycles. The highest BCUT2D eigenvalue weighted by Crippen LogP contribution is 2.20. The minimum atomic E-state index is 0.637. The molecule has 0 nitrogen and oxygen atoms in total. The van der Waals surface area contributed by atoms with Gasteiger partial charge in [0.05, 0.1) is 0 Å². The first kappa shape index (κ1) is 8.54. The van der Waals surface area contributed by atoms with Crippen LogP contribution in [0.1, 0.15) is 31.7 Å². The van der Waals surface area contributed by atoms with E-state index >= 15 is 0 Å². The molecule has 0 aliphatic rings. The number of benzene rings is 1. The summed E-state index contributed by atoms with van der Waals surface area (Å²) < 4.78 is 0. The molecule has 0 aromatic heterocycles. The summed E-state index contributed by atoms with van der Waals surface area (Å²) in [4.78, 5) is 0.947. The monoisotopic (exact) mass is 165 g/mol. The first-order chi connectivity index (χ1) is 5.24. The molecule has 11 heavy (non-hydrogen) atoms. The molecule has 0 fully saturated rings. The minimum absolute atomic E-state index is 0.637. The molecule has 0 bridgehead atoms. The van der Waals surface area contributed by atoms with Crippen LogP contribution < -0.4 is 0 Å². The first-order valence-corrected chi connectivity index (χ1v) is 4.42. The van der Waals surface area contributed by atoms with Crippen molar-refractivity contribution in [2.75, 3.05) is 0 Å². The lowest BCUT2D eigenvalue weighted by Crippen LogP contribution is -1.89. The third-order valence-corrected chi connectivity index (χ3v) is 2.29. The number of hydrogen-bond acceptors (Lipinski definition) is 0. The third-order valence-electron chi connectivity index (χ3n) is 2.04. The van der Waals surface area contributed by atoms with Crippen molar-refractivity contribution in [1.29, 1.82) is 0 Å². The highest BCUT2D eigenvalue weighted by atomic mass is 32.1. The predicted molar refractivity (Wildman–Crippen MR) is 51.0 cm³/mol. The van der Waals surface area contributed by atoms with E-state index in [1.54, 1.807) is 0 Å². The molecule has 1 aromatic rings. The summed E-state index contributed by atoms with van der Waals surface area (Å²) in [6.07, 6.45) is 1.18. The van der Waals surface area contributed by atoms with Crippen molar-refractivity contribution in [3.63, 3.8) is 0 Å². The predicted octanol–water partition coefficient (Wildman–Crippen LogP) is 3.76. The van der Waals surface area contributed by atoms with Gasteiger partial charge in [0.2, 0.25) is 0 Å². The smallest absolute Gasteiger partial charge is 0.0379 e. The lowest BCUT2D eigenvalue weighted by Gasteiger charge is -2.07. The molecule has 0 heterocycles.